The van der Waals surface area contributed by atoms with Gasteiger partial charge in [0.2, 0.25) is 0 Å². The van der Waals surface area contributed by atoms with Gasteiger partial charge in [-0.05, 0) is 36.8 Å². The second-order valence-electron chi connectivity index (χ2n) is 5.25. The van der Waals surface area contributed by atoms with Crippen molar-refractivity contribution in [3.8, 4) is 11.8 Å². The predicted molar refractivity (Wildman–Crippen MR) is 78.6 cm³/mol. The van der Waals surface area contributed by atoms with Crippen molar-refractivity contribution in [1.29, 1.82) is 5.26 Å². The van der Waals surface area contributed by atoms with E-state index in [1.807, 2.05) is 37.3 Å². The lowest BCUT2D eigenvalue weighted by atomic mass is 9.85. The molecule has 0 aliphatic carbocycles. The Kier molecular flexibility index (Phi) is 3.26. The van der Waals surface area contributed by atoms with Crippen LogP contribution in [0, 0.1) is 24.1 Å². The minimum Gasteiger partial charge on any atom is -0.493 e. The van der Waals surface area contributed by atoms with Crippen LogP contribution in [0.3, 0.4) is 0 Å². The number of nitriles is 1. The number of nitrogens with one attached hydrogen (secondary N) is 1. The Labute approximate surface area is 123 Å². The predicted octanol–water partition coefficient (Wildman–Crippen LogP) is 3.75. The Morgan fingerprint density at radius 1 is 1.29 bits per heavy atom. The number of anilines is 1. The minimum absolute atomic E-state index is 0.314. The number of nitrogens with zero attached hydrogens (tertiary/aromatic N) is 1. The van der Waals surface area contributed by atoms with Crippen LogP contribution in [0.15, 0.2) is 42.5 Å². The standard InChI is InChI=1S/C17H15FN2O/c1-12-8-13(18)10-14(9-12)20-17(11-19)6-7-21-16-5-3-2-4-15(16)17/h2-5,8-10,20H,6-7H2,1H3. The molecule has 0 bridgehead atoms. The van der Waals surface area contributed by atoms with Crippen LogP contribution in [-0.4, -0.2) is 6.61 Å². The third kappa shape index (κ3) is 2.43. The van der Waals surface area contributed by atoms with Gasteiger partial charge in [-0.25, -0.2) is 4.39 Å². The molecule has 1 N–H and O–H groups in total. The second-order valence-corrected chi connectivity index (χ2v) is 5.25. The van der Waals surface area contributed by atoms with Gasteiger partial charge < -0.3 is 10.1 Å². The highest BCUT2D eigenvalue weighted by Gasteiger charge is 2.38. The molecule has 4 heteroatoms. The van der Waals surface area contributed by atoms with E-state index < -0.39 is 5.54 Å². The number of halogens is 1. The van der Waals surface area contributed by atoms with E-state index in [0.29, 0.717) is 24.5 Å². The van der Waals surface area contributed by atoms with E-state index >= 15 is 0 Å². The van der Waals surface area contributed by atoms with Gasteiger partial charge in [0.1, 0.15) is 11.6 Å². The van der Waals surface area contributed by atoms with Gasteiger partial charge in [0, 0.05) is 17.7 Å². The number of aryl methyl sites for hydroxylation is 1. The highest BCUT2D eigenvalue weighted by molar-refractivity contribution is 5.56. The van der Waals surface area contributed by atoms with Crippen LogP contribution in [0.25, 0.3) is 0 Å². The van der Waals surface area contributed by atoms with E-state index in [1.165, 1.54) is 12.1 Å². The monoisotopic (exact) mass is 282 g/mol. The number of benzene rings is 2. The first-order chi connectivity index (χ1) is 10.1. The van der Waals surface area contributed by atoms with Gasteiger partial charge in [-0.3, -0.25) is 0 Å². The maximum absolute atomic E-state index is 13.6. The lowest BCUT2D eigenvalue weighted by Crippen LogP contribution is -2.39. The summed E-state index contributed by atoms with van der Waals surface area (Å²) in [6.45, 7) is 2.27. The molecule has 0 amide bonds. The topological polar surface area (TPSA) is 45.0 Å². The zero-order valence-corrected chi connectivity index (χ0v) is 11.7. The van der Waals surface area contributed by atoms with Gasteiger partial charge in [0.15, 0.2) is 5.54 Å². The molecule has 1 aliphatic heterocycles. The van der Waals surface area contributed by atoms with Crippen molar-refractivity contribution in [3.05, 3.63) is 59.4 Å². The average molecular weight is 282 g/mol. The second kappa shape index (κ2) is 5.10. The Morgan fingerprint density at radius 3 is 2.86 bits per heavy atom. The first-order valence-corrected chi connectivity index (χ1v) is 6.82. The Balaban J connectivity index is 2.05. The van der Waals surface area contributed by atoms with Crippen LogP contribution in [0.4, 0.5) is 10.1 Å². The molecule has 3 nitrogen and oxygen atoms in total. The maximum atomic E-state index is 13.6. The SMILES string of the molecule is Cc1cc(F)cc(NC2(C#N)CCOc3ccccc32)c1. The quantitative estimate of drug-likeness (QED) is 0.912. The number of hydrogen-bond donors (Lipinski definition) is 1. The van der Waals surface area contributed by atoms with Crippen LogP contribution >= 0.6 is 0 Å². The molecular formula is C17H15FN2O. The fraction of sp³-hybridized carbons (Fsp3) is 0.235. The van der Waals surface area contributed by atoms with E-state index in [9.17, 15) is 9.65 Å². The third-order valence-electron chi connectivity index (χ3n) is 3.67. The number of para-hydroxylation sites is 1. The molecule has 21 heavy (non-hydrogen) atoms. The normalized spacial score (nSPS) is 20.0. The number of ether oxygens (including phenoxy) is 1. The zero-order chi connectivity index (χ0) is 14.9. The Bertz CT molecular complexity index is 703. The minimum atomic E-state index is -0.894. The number of rotatable bonds is 2. The molecule has 0 fully saturated rings. The molecule has 1 unspecified atom stereocenters. The first-order valence-electron chi connectivity index (χ1n) is 6.82. The molecule has 106 valence electrons. The fourth-order valence-corrected chi connectivity index (χ4v) is 2.72. The lowest BCUT2D eigenvalue weighted by molar-refractivity contribution is 0.253. The van der Waals surface area contributed by atoms with Crippen molar-refractivity contribution in [2.75, 3.05) is 11.9 Å². The summed E-state index contributed by atoms with van der Waals surface area (Å²) in [5.74, 6) is 0.386. The van der Waals surface area contributed by atoms with Crippen LogP contribution in [0.1, 0.15) is 17.5 Å². The summed E-state index contributed by atoms with van der Waals surface area (Å²) < 4.78 is 19.2. The molecular weight excluding hydrogens is 267 g/mol. The molecule has 0 saturated carbocycles. The van der Waals surface area contributed by atoms with Crippen LogP contribution in [-0.2, 0) is 5.54 Å². The van der Waals surface area contributed by atoms with Gasteiger partial charge in [0.05, 0.1) is 12.7 Å². The number of fused-ring (bicyclic) bond motifs is 1. The Morgan fingerprint density at radius 2 is 2.10 bits per heavy atom. The number of hydrogen-bond acceptors (Lipinski definition) is 3. The smallest absolute Gasteiger partial charge is 0.157 e. The molecule has 2 aromatic carbocycles. The van der Waals surface area contributed by atoms with Crippen LogP contribution in [0.2, 0.25) is 0 Å². The fourth-order valence-electron chi connectivity index (χ4n) is 2.72. The largest absolute Gasteiger partial charge is 0.493 e. The van der Waals surface area contributed by atoms with Gasteiger partial charge >= 0.3 is 0 Å². The molecule has 1 aliphatic rings. The highest BCUT2D eigenvalue weighted by Crippen LogP contribution is 2.39. The van der Waals surface area contributed by atoms with E-state index in [4.69, 9.17) is 4.74 Å². The first kappa shape index (κ1) is 13.4. The molecule has 0 aromatic heterocycles. The van der Waals surface area contributed by atoms with Crippen molar-refractivity contribution >= 4 is 5.69 Å². The summed E-state index contributed by atoms with van der Waals surface area (Å²) in [6.07, 6.45) is 0.510. The van der Waals surface area contributed by atoms with Crippen LogP contribution in [0.5, 0.6) is 5.75 Å². The van der Waals surface area contributed by atoms with E-state index in [2.05, 4.69) is 11.4 Å². The zero-order valence-electron chi connectivity index (χ0n) is 11.7. The van der Waals surface area contributed by atoms with Crippen molar-refractivity contribution in [2.45, 2.75) is 18.9 Å². The van der Waals surface area contributed by atoms with Gasteiger partial charge in [-0.2, -0.15) is 5.26 Å². The molecule has 3 rings (SSSR count). The third-order valence-corrected chi connectivity index (χ3v) is 3.67. The molecule has 0 spiro atoms. The molecule has 0 radical (unpaired) electrons. The van der Waals surface area contributed by atoms with Gasteiger partial charge in [-0.15, -0.1) is 0 Å². The highest BCUT2D eigenvalue weighted by atomic mass is 19.1. The summed E-state index contributed by atoms with van der Waals surface area (Å²) in [5.41, 5.74) is 1.31. The average Bonchev–Trinajstić information content (AvgIpc) is 2.46. The van der Waals surface area contributed by atoms with Crippen molar-refractivity contribution in [2.24, 2.45) is 0 Å². The van der Waals surface area contributed by atoms with Gasteiger partial charge in [0.25, 0.3) is 0 Å². The van der Waals surface area contributed by atoms with E-state index in [1.54, 1.807) is 0 Å². The summed E-state index contributed by atoms with van der Waals surface area (Å²) in [6, 6.07) is 14.5. The van der Waals surface area contributed by atoms with E-state index in [-0.39, 0.29) is 5.82 Å². The summed E-state index contributed by atoms with van der Waals surface area (Å²) in [7, 11) is 0. The van der Waals surface area contributed by atoms with Gasteiger partial charge in [-0.1, -0.05) is 18.2 Å². The molecule has 1 atom stereocenters. The summed E-state index contributed by atoms with van der Waals surface area (Å²) in [5, 5.41) is 12.9. The van der Waals surface area contributed by atoms with Crippen molar-refractivity contribution in [3.63, 3.8) is 0 Å². The summed E-state index contributed by atoms with van der Waals surface area (Å²) in [4.78, 5) is 0. The molecule has 1 heterocycles. The van der Waals surface area contributed by atoms with Crippen LogP contribution < -0.4 is 10.1 Å². The van der Waals surface area contributed by atoms with Crippen molar-refractivity contribution < 1.29 is 9.13 Å². The van der Waals surface area contributed by atoms with Crippen molar-refractivity contribution in [1.82, 2.24) is 0 Å². The summed E-state index contributed by atoms with van der Waals surface area (Å²) >= 11 is 0. The maximum Gasteiger partial charge on any atom is 0.157 e. The Hall–Kier alpha value is -2.54. The van der Waals surface area contributed by atoms with E-state index in [0.717, 1.165) is 11.1 Å². The lowest BCUT2D eigenvalue weighted by Gasteiger charge is -2.34. The molecule has 2 aromatic rings. The molecule has 0 saturated heterocycles.